The number of anilines is 1. The van der Waals surface area contributed by atoms with Crippen molar-refractivity contribution in [3.63, 3.8) is 0 Å². The van der Waals surface area contributed by atoms with Crippen molar-refractivity contribution in [2.45, 2.75) is 32.1 Å². The first-order valence-corrected chi connectivity index (χ1v) is 7.86. The van der Waals surface area contributed by atoms with Crippen LogP contribution in [0.25, 0.3) is 11.1 Å². The molecule has 1 aliphatic carbocycles. The van der Waals surface area contributed by atoms with Crippen LogP contribution >= 0.6 is 0 Å². The van der Waals surface area contributed by atoms with Crippen molar-refractivity contribution in [2.24, 2.45) is 0 Å². The van der Waals surface area contributed by atoms with Gasteiger partial charge in [0.1, 0.15) is 17.3 Å². The molecule has 0 saturated heterocycles. The Bertz CT molecular complexity index is 839. The zero-order chi connectivity index (χ0) is 16.0. The molecule has 0 fully saturated rings. The van der Waals surface area contributed by atoms with E-state index in [0.29, 0.717) is 17.3 Å². The molecule has 0 spiro atoms. The van der Waals surface area contributed by atoms with E-state index in [9.17, 15) is 5.26 Å². The van der Waals surface area contributed by atoms with Crippen molar-refractivity contribution in [1.82, 2.24) is 0 Å². The Labute approximate surface area is 134 Å². The van der Waals surface area contributed by atoms with Crippen molar-refractivity contribution in [1.29, 1.82) is 5.26 Å². The largest absolute Gasteiger partial charge is 0.454 e. The number of aromatic amines is 1. The number of ether oxygens (including phenoxy) is 2. The van der Waals surface area contributed by atoms with Gasteiger partial charge in [-0.05, 0) is 37.0 Å². The van der Waals surface area contributed by atoms with Crippen LogP contribution in [0, 0.1) is 11.3 Å². The second-order valence-electron chi connectivity index (χ2n) is 6.15. The number of hydrogen-bond donors (Lipinski definition) is 1. The molecule has 5 nitrogen and oxygen atoms in total. The summed E-state index contributed by atoms with van der Waals surface area (Å²) in [7, 11) is 0. The highest BCUT2D eigenvalue weighted by molar-refractivity contribution is 5.79. The third-order valence-electron chi connectivity index (χ3n) is 4.75. The van der Waals surface area contributed by atoms with E-state index in [0.717, 1.165) is 47.6 Å². The summed E-state index contributed by atoms with van der Waals surface area (Å²) in [5.41, 5.74) is 10.9. The maximum absolute atomic E-state index is 9.62. The number of nitrogens with two attached hydrogens (primary N) is 1. The Kier molecular flexibility index (Phi) is 3.12. The van der Waals surface area contributed by atoms with Crippen LogP contribution in [0.15, 0.2) is 18.2 Å². The number of nitrogens with one attached hydrogen (secondary N) is 1. The lowest BCUT2D eigenvalue weighted by molar-refractivity contribution is -0.377. The minimum Gasteiger partial charge on any atom is -0.454 e. The summed E-state index contributed by atoms with van der Waals surface area (Å²) in [6, 6.07) is 8.08. The molecule has 0 unspecified atom stereocenters. The molecule has 1 atom stereocenters. The van der Waals surface area contributed by atoms with E-state index in [4.69, 9.17) is 15.2 Å². The highest BCUT2D eigenvalue weighted by Gasteiger charge is 2.29. The van der Waals surface area contributed by atoms with E-state index in [1.165, 1.54) is 5.56 Å². The summed E-state index contributed by atoms with van der Waals surface area (Å²) in [6.45, 7) is 2.44. The first kappa shape index (κ1) is 13.9. The molecule has 116 valence electrons. The van der Waals surface area contributed by atoms with Crippen LogP contribution in [0.2, 0.25) is 0 Å². The number of H-pyrrole nitrogens is 1. The average molecular weight is 308 g/mol. The molecule has 23 heavy (non-hydrogen) atoms. The molecule has 0 saturated carbocycles. The van der Waals surface area contributed by atoms with Gasteiger partial charge in [0.25, 0.3) is 5.82 Å². The zero-order valence-electron chi connectivity index (χ0n) is 13.0. The Morgan fingerprint density at radius 3 is 2.96 bits per heavy atom. The topological polar surface area (TPSA) is 82.4 Å². The summed E-state index contributed by atoms with van der Waals surface area (Å²) in [4.78, 5) is 3.26. The van der Waals surface area contributed by atoms with Gasteiger partial charge in [-0.15, -0.1) is 0 Å². The van der Waals surface area contributed by atoms with E-state index >= 15 is 0 Å². The smallest absolute Gasteiger partial charge is 0.289 e. The second kappa shape index (κ2) is 5.17. The molecule has 1 aromatic carbocycles. The monoisotopic (exact) mass is 308 g/mol. The molecular weight excluding hydrogens is 290 g/mol. The van der Waals surface area contributed by atoms with Crippen LogP contribution in [0.1, 0.15) is 42.5 Å². The van der Waals surface area contributed by atoms with Gasteiger partial charge in [0.15, 0.2) is 11.5 Å². The Morgan fingerprint density at radius 1 is 1.30 bits per heavy atom. The van der Waals surface area contributed by atoms with Crippen LogP contribution in [0.3, 0.4) is 0 Å². The predicted octanol–water partition coefficient (Wildman–Crippen LogP) is 2.79. The van der Waals surface area contributed by atoms with Crippen molar-refractivity contribution in [3.8, 4) is 28.7 Å². The number of fused-ring (bicyclic) bond motifs is 2. The van der Waals surface area contributed by atoms with Crippen LogP contribution in [-0.4, -0.2) is 6.79 Å². The quantitative estimate of drug-likeness (QED) is 0.878. The van der Waals surface area contributed by atoms with E-state index < -0.39 is 0 Å². The van der Waals surface area contributed by atoms with Crippen molar-refractivity contribution in [3.05, 3.63) is 35.0 Å². The fourth-order valence-corrected chi connectivity index (χ4v) is 3.60. The van der Waals surface area contributed by atoms with Crippen LogP contribution in [0.4, 0.5) is 5.82 Å². The molecule has 0 amide bonds. The van der Waals surface area contributed by atoms with Crippen LogP contribution in [-0.2, 0) is 6.42 Å². The van der Waals surface area contributed by atoms with E-state index in [-0.39, 0.29) is 6.79 Å². The lowest BCUT2D eigenvalue weighted by Gasteiger charge is -2.23. The van der Waals surface area contributed by atoms with Gasteiger partial charge in [0, 0.05) is 17.0 Å². The molecule has 3 N–H and O–H groups in total. The number of pyridine rings is 1. The van der Waals surface area contributed by atoms with Gasteiger partial charge in [-0.2, -0.15) is 5.26 Å². The fraction of sp³-hybridized carbons (Fsp3) is 0.333. The third kappa shape index (κ3) is 2.10. The van der Waals surface area contributed by atoms with Gasteiger partial charge in [0.05, 0.1) is 0 Å². The number of nitrogen functional groups attached to an aromatic ring is 1. The summed E-state index contributed by atoms with van der Waals surface area (Å²) in [5, 5.41) is 9.62. The molecule has 2 aliphatic rings. The number of rotatable bonds is 1. The molecule has 5 heteroatoms. The van der Waals surface area contributed by atoms with Gasteiger partial charge >= 0.3 is 0 Å². The first-order valence-electron chi connectivity index (χ1n) is 7.86. The lowest BCUT2D eigenvalue weighted by Crippen LogP contribution is -2.26. The maximum Gasteiger partial charge on any atom is 0.289 e. The summed E-state index contributed by atoms with van der Waals surface area (Å²) >= 11 is 0. The third-order valence-corrected chi connectivity index (χ3v) is 4.75. The summed E-state index contributed by atoms with van der Waals surface area (Å²) in [6.07, 6.45) is 3.21. The standard InChI is InChI=1S/C18H17N3O2/c1-10-3-2-4-12-16(13(8-19)18(20)21-17(10)12)11-5-6-14-15(7-11)23-9-22-14/h5-7,10H,2-4,9H2,1H3,(H2,20,21)/p+1/t10-/m1/s1. The number of benzene rings is 1. The van der Waals surface area contributed by atoms with Crippen LogP contribution < -0.4 is 20.2 Å². The van der Waals surface area contributed by atoms with E-state index in [1.54, 1.807) is 0 Å². The fourth-order valence-electron chi connectivity index (χ4n) is 3.60. The number of nitrogens with zero attached hydrogens (tertiary/aromatic N) is 1. The van der Waals surface area contributed by atoms with Gasteiger partial charge in [-0.25, -0.2) is 4.98 Å². The van der Waals surface area contributed by atoms with Crippen LogP contribution in [0.5, 0.6) is 11.5 Å². The molecular formula is C18H18N3O2+. The van der Waals surface area contributed by atoms with E-state index in [2.05, 4.69) is 18.0 Å². The second-order valence-corrected chi connectivity index (χ2v) is 6.15. The number of nitriles is 1. The molecule has 0 bridgehead atoms. The first-order chi connectivity index (χ1) is 11.2. The molecule has 2 aromatic rings. The zero-order valence-corrected chi connectivity index (χ0v) is 13.0. The van der Waals surface area contributed by atoms with Gasteiger partial charge in [0.2, 0.25) is 6.79 Å². The highest BCUT2D eigenvalue weighted by atomic mass is 16.7. The Morgan fingerprint density at radius 2 is 2.13 bits per heavy atom. The number of hydrogen-bond acceptors (Lipinski definition) is 4. The predicted molar refractivity (Wildman–Crippen MR) is 85.0 cm³/mol. The molecule has 1 aromatic heterocycles. The van der Waals surface area contributed by atoms with Gasteiger partial charge in [-0.3, -0.25) is 5.73 Å². The molecule has 1 aliphatic heterocycles. The normalized spacial score (nSPS) is 18.3. The van der Waals surface area contributed by atoms with Gasteiger partial charge < -0.3 is 9.47 Å². The molecule has 2 heterocycles. The maximum atomic E-state index is 9.62. The van der Waals surface area contributed by atoms with Crippen molar-refractivity contribution < 1.29 is 14.5 Å². The van der Waals surface area contributed by atoms with E-state index in [1.807, 2.05) is 18.2 Å². The average Bonchev–Trinajstić information content (AvgIpc) is 3.02. The van der Waals surface area contributed by atoms with Crippen molar-refractivity contribution in [2.75, 3.05) is 12.5 Å². The molecule has 0 radical (unpaired) electrons. The SMILES string of the molecule is C[C@@H]1CCCc2c1[nH+]c(N)c(C#N)c2-c1ccc2c(c1)OCO2. The minimum absolute atomic E-state index is 0.240. The van der Waals surface area contributed by atoms with Gasteiger partial charge in [-0.1, -0.05) is 13.0 Å². The highest BCUT2D eigenvalue weighted by Crippen LogP contribution is 2.41. The molecule has 4 rings (SSSR count). The minimum atomic E-state index is 0.240. The summed E-state index contributed by atoms with van der Waals surface area (Å²) < 4.78 is 10.9. The number of aromatic nitrogens is 1. The lowest BCUT2D eigenvalue weighted by atomic mass is 9.82. The Balaban J connectivity index is 1.98. The Hall–Kier alpha value is -2.74. The van der Waals surface area contributed by atoms with Crippen molar-refractivity contribution >= 4 is 5.82 Å². The summed E-state index contributed by atoms with van der Waals surface area (Å²) in [5.74, 6) is 2.31.